The predicted octanol–water partition coefficient (Wildman–Crippen LogP) is 5.31. The standard InChI is InChI=1S/C32H37N3O3S/c1-38-27-16-14-25(15-17-27)28-20-29(28)33-22-39-21-30(32(37)35-18-6-3-7-19-35)34-31(36)26-12-10-24(11-13-26)23-8-4-2-5-9-23/h2,4-5,8-17,28-30,33H,3,6-7,18-22H2,1H3,(H,34,36). The van der Waals surface area contributed by atoms with Crippen LogP contribution in [0.25, 0.3) is 11.1 Å². The minimum absolute atomic E-state index is 0.0268. The molecule has 2 aliphatic rings. The van der Waals surface area contributed by atoms with Crippen molar-refractivity contribution in [3.63, 3.8) is 0 Å². The molecule has 204 valence electrons. The van der Waals surface area contributed by atoms with Crippen molar-refractivity contribution in [1.29, 1.82) is 0 Å². The van der Waals surface area contributed by atoms with Crippen LogP contribution in [0.1, 0.15) is 47.5 Å². The SMILES string of the molecule is COc1ccc(C2CC2NCSCC(NC(=O)c2ccc(-c3ccccc3)cc2)C(=O)N2CCCCC2)cc1. The van der Waals surface area contributed by atoms with Crippen molar-refractivity contribution in [3.8, 4) is 16.9 Å². The molecular formula is C32H37N3O3S. The smallest absolute Gasteiger partial charge is 0.251 e. The summed E-state index contributed by atoms with van der Waals surface area (Å²) >= 11 is 1.67. The first-order chi connectivity index (χ1) is 19.1. The molecule has 1 saturated heterocycles. The van der Waals surface area contributed by atoms with Gasteiger partial charge in [0, 0.05) is 42.2 Å². The second kappa shape index (κ2) is 13.2. The normalized spacial score (nSPS) is 19.3. The van der Waals surface area contributed by atoms with Gasteiger partial charge in [0.2, 0.25) is 5.91 Å². The van der Waals surface area contributed by atoms with E-state index in [1.807, 2.05) is 59.5 Å². The Balaban J connectivity index is 1.15. The van der Waals surface area contributed by atoms with Gasteiger partial charge in [-0.2, -0.15) is 0 Å². The zero-order valence-corrected chi connectivity index (χ0v) is 23.3. The molecule has 1 aliphatic carbocycles. The van der Waals surface area contributed by atoms with Crippen LogP contribution in [0.5, 0.6) is 5.75 Å². The largest absolute Gasteiger partial charge is 0.497 e. The summed E-state index contributed by atoms with van der Waals surface area (Å²) in [6, 6.07) is 25.9. The van der Waals surface area contributed by atoms with Crippen LogP contribution in [-0.2, 0) is 4.79 Å². The van der Waals surface area contributed by atoms with Gasteiger partial charge in [0.1, 0.15) is 11.8 Å². The van der Waals surface area contributed by atoms with Gasteiger partial charge in [0.25, 0.3) is 5.91 Å². The minimum Gasteiger partial charge on any atom is -0.497 e. The quantitative estimate of drug-likeness (QED) is 0.253. The van der Waals surface area contributed by atoms with E-state index in [9.17, 15) is 9.59 Å². The number of nitrogens with one attached hydrogen (secondary N) is 2. The second-order valence-corrected chi connectivity index (χ2v) is 11.3. The third-order valence-corrected chi connectivity index (χ3v) is 8.53. The highest BCUT2D eigenvalue weighted by Gasteiger charge is 2.37. The van der Waals surface area contributed by atoms with Crippen molar-refractivity contribution < 1.29 is 14.3 Å². The first-order valence-electron chi connectivity index (χ1n) is 13.8. The summed E-state index contributed by atoms with van der Waals surface area (Å²) in [6.45, 7) is 1.54. The van der Waals surface area contributed by atoms with Gasteiger partial charge in [0.15, 0.2) is 0 Å². The summed E-state index contributed by atoms with van der Waals surface area (Å²) in [4.78, 5) is 28.5. The fraction of sp³-hybridized carbons (Fsp3) is 0.375. The number of thioether (sulfide) groups is 1. The van der Waals surface area contributed by atoms with Gasteiger partial charge >= 0.3 is 0 Å². The first kappa shape index (κ1) is 27.3. The number of hydrogen-bond acceptors (Lipinski definition) is 5. The van der Waals surface area contributed by atoms with Crippen LogP contribution in [0.2, 0.25) is 0 Å². The lowest BCUT2D eigenvalue weighted by molar-refractivity contribution is -0.133. The molecule has 1 saturated carbocycles. The summed E-state index contributed by atoms with van der Waals surface area (Å²) < 4.78 is 5.26. The minimum atomic E-state index is -0.548. The molecule has 7 heteroatoms. The van der Waals surface area contributed by atoms with Gasteiger partial charge in [-0.1, -0.05) is 54.6 Å². The summed E-state index contributed by atoms with van der Waals surface area (Å²) in [7, 11) is 1.68. The molecule has 0 aromatic heterocycles. The van der Waals surface area contributed by atoms with E-state index in [0.29, 0.717) is 23.3 Å². The average Bonchev–Trinajstić information content (AvgIpc) is 3.79. The van der Waals surface area contributed by atoms with Gasteiger partial charge < -0.3 is 20.3 Å². The molecule has 2 N–H and O–H groups in total. The van der Waals surface area contributed by atoms with Crippen LogP contribution >= 0.6 is 11.8 Å². The predicted molar refractivity (Wildman–Crippen MR) is 158 cm³/mol. The fourth-order valence-corrected chi connectivity index (χ4v) is 6.09. The van der Waals surface area contributed by atoms with E-state index in [1.165, 1.54) is 5.56 Å². The average molecular weight is 544 g/mol. The van der Waals surface area contributed by atoms with E-state index in [4.69, 9.17) is 4.74 Å². The number of carbonyl (C=O) groups excluding carboxylic acids is 2. The molecule has 6 nitrogen and oxygen atoms in total. The summed E-state index contributed by atoms with van der Waals surface area (Å²) in [5.74, 6) is 2.48. The fourth-order valence-electron chi connectivity index (χ4n) is 5.18. The number of amides is 2. The summed E-state index contributed by atoms with van der Waals surface area (Å²) in [5.41, 5.74) is 4.05. The molecule has 0 bridgehead atoms. The lowest BCUT2D eigenvalue weighted by atomic mass is 10.0. The number of piperidine rings is 1. The zero-order valence-electron chi connectivity index (χ0n) is 22.5. The van der Waals surface area contributed by atoms with E-state index in [1.54, 1.807) is 18.9 Å². The van der Waals surface area contributed by atoms with E-state index >= 15 is 0 Å². The molecule has 5 rings (SSSR count). The van der Waals surface area contributed by atoms with Crippen molar-refractivity contribution in [2.75, 3.05) is 31.8 Å². The molecule has 39 heavy (non-hydrogen) atoms. The van der Waals surface area contributed by atoms with E-state index < -0.39 is 6.04 Å². The Morgan fingerprint density at radius 1 is 0.923 bits per heavy atom. The van der Waals surface area contributed by atoms with Crippen molar-refractivity contribution in [2.45, 2.75) is 43.7 Å². The number of nitrogens with zero attached hydrogens (tertiary/aromatic N) is 1. The van der Waals surface area contributed by atoms with Crippen LogP contribution < -0.4 is 15.4 Å². The maximum atomic E-state index is 13.4. The molecule has 1 aliphatic heterocycles. The van der Waals surface area contributed by atoms with Crippen LogP contribution in [0.4, 0.5) is 0 Å². The van der Waals surface area contributed by atoms with Gasteiger partial charge in [-0.25, -0.2) is 0 Å². The van der Waals surface area contributed by atoms with E-state index in [-0.39, 0.29) is 11.8 Å². The van der Waals surface area contributed by atoms with E-state index in [2.05, 4.69) is 34.9 Å². The number of likely N-dealkylation sites (tertiary alicyclic amines) is 1. The molecule has 3 atom stereocenters. The topological polar surface area (TPSA) is 70.7 Å². The maximum Gasteiger partial charge on any atom is 0.251 e. The lowest BCUT2D eigenvalue weighted by Gasteiger charge is -2.30. The first-order valence-corrected chi connectivity index (χ1v) is 15.0. The number of ether oxygens (including phenoxy) is 1. The number of hydrogen-bond donors (Lipinski definition) is 2. The van der Waals surface area contributed by atoms with Gasteiger partial charge in [-0.15, -0.1) is 11.8 Å². The van der Waals surface area contributed by atoms with Gasteiger partial charge in [0.05, 0.1) is 7.11 Å². The van der Waals surface area contributed by atoms with Gasteiger partial charge in [-0.05, 0) is 66.6 Å². The van der Waals surface area contributed by atoms with Crippen LogP contribution in [-0.4, -0.2) is 60.6 Å². The second-order valence-electron chi connectivity index (χ2n) is 10.3. The Morgan fingerprint density at radius 3 is 2.31 bits per heavy atom. The molecule has 3 aromatic rings. The highest BCUT2D eigenvalue weighted by Crippen LogP contribution is 2.41. The molecular weight excluding hydrogens is 506 g/mol. The zero-order chi connectivity index (χ0) is 27.0. The van der Waals surface area contributed by atoms with Crippen molar-refractivity contribution in [2.24, 2.45) is 0 Å². The van der Waals surface area contributed by atoms with Crippen LogP contribution in [0, 0.1) is 0 Å². The Bertz CT molecular complexity index is 1230. The van der Waals surface area contributed by atoms with Gasteiger partial charge in [-0.3, -0.25) is 9.59 Å². The highest BCUT2D eigenvalue weighted by atomic mass is 32.2. The number of rotatable bonds is 11. The number of carbonyl (C=O) groups is 2. The van der Waals surface area contributed by atoms with Crippen molar-refractivity contribution in [1.82, 2.24) is 15.5 Å². The maximum absolute atomic E-state index is 13.4. The number of methoxy groups -OCH3 is 1. The number of benzene rings is 3. The Kier molecular flexibility index (Phi) is 9.22. The lowest BCUT2D eigenvalue weighted by Crippen LogP contribution is -2.51. The van der Waals surface area contributed by atoms with Crippen molar-refractivity contribution >= 4 is 23.6 Å². The molecule has 2 amide bonds. The summed E-state index contributed by atoms with van der Waals surface area (Å²) in [6.07, 6.45) is 4.32. The third kappa shape index (κ3) is 7.22. The van der Waals surface area contributed by atoms with Crippen molar-refractivity contribution in [3.05, 3.63) is 90.0 Å². The Hall–Kier alpha value is -3.29. The van der Waals surface area contributed by atoms with E-state index in [0.717, 1.165) is 61.5 Å². The van der Waals surface area contributed by atoms with Crippen LogP contribution in [0.15, 0.2) is 78.9 Å². The molecule has 2 fully saturated rings. The molecule has 3 unspecified atom stereocenters. The molecule has 3 aromatic carbocycles. The van der Waals surface area contributed by atoms with Crippen LogP contribution in [0.3, 0.4) is 0 Å². The molecule has 1 heterocycles. The highest BCUT2D eigenvalue weighted by molar-refractivity contribution is 7.99. The Labute approximate surface area is 235 Å². The molecule has 0 spiro atoms. The monoisotopic (exact) mass is 543 g/mol. The summed E-state index contributed by atoms with van der Waals surface area (Å²) in [5, 5.41) is 6.66. The molecule has 0 radical (unpaired) electrons. The third-order valence-electron chi connectivity index (χ3n) is 7.59. The Morgan fingerprint density at radius 2 is 1.62 bits per heavy atom.